The molecule has 2 aromatic rings. The molecule has 1 N–H and O–H groups in total. The summed E-state index contributed by atoms with van der Waals surface area (Å²) in [7, 11) is 0. The maximum atomic E-state index is 12.7. The summed E-state index contributed by atoms with van der Waals surface area (Å²) in [5, 5.41) is 11.2. The molecule has 1 aromatic heterocycles. The van der Waals surface area contributed by atoms with Gasteiger partial charge in [-0.2, -0.15) is 5.10 Å². The minimum atomic E-state index is -0.166. The molecule has 24 heavy (non-hydrogen) atoms. The molecule has 2 amide bonds. The molecule has 1 unspecified atom stereocenters. The van der Waals surface area contributed by atoms with Crippen molar-refractivity contribution in [1.82, 2.24) is 15.1 Å². The fraction of sp³-hybridized carbons (Fsp3) is 0.389. The van der Waals surface area contributed by atoms with Crippen LogP contribution in [-0.2, 0) is 4.74 Å². The van der Waals surface area contributed by atoms with E-state index in [1.807, 2.05) is 42.5 Å². The van der Waals surface area contributed by atoms with Crippen molar-refractivity contribution in [2.24, 2.45) is 0 Å². The minimum Gasteiger partial charge on any atom is -0.377 e. The van der Waals surface area contributed by atoms with Gasteiger partial charge in [-0.15, -0.1) is 5.10 Å². The Morgan fingerprint density at radius 2 is 1.96 bits per heavy atom. The Labute approximate surface area is 140 Å². The highest BCUT2D eigenvalue weighted by Gasteiger charge is 2.29. The lowest BCUT2D eigenvalue weighted by Gasteiger charge is -2.35. The Kier molecular flexibility index (Phi) is 4.13. The van der Waals surface area contributed by atoms with Gasteiger partial charge in [-0.25, -0.2) is 4.79 Å². The third-order valence-corrected chi connectivity index (χ3v) is 4.49. The second-order valence-corrected chi connectivity index (χ2v) is 6.24. The summed E-state index contributed by atoms with van der Waals surface area (Å²) in [6.45, 7) is 1.60. The molecule has 2 fully saturated rings. The van der Waals surface area contributed by atoms with Crippen LogP contribution in [0.1, 0.15) is 36.1 Å². The number of benzene rings is 1. The van der Waals surface area contributed by atoms with E-state index in [1.54, 1.807) is 4.90 Å². The molecule has 0 radical (unpaired) electrons. The molecule has 4 rings (SSSR count). The Balaban J connectivity index is 1.47. The van der Waals surface area contributed by atoms with E-state index in [-0.39, 0.29) is 12.1 Å². The Hall–Kier alpha value is -2.47. The van der Waals surface area contributed by atoms with E-state index in [9.17, 15) is 4.79 Å². The quantitative estimate of drug-likeness (QED) is 0.942. The van der Waals surface area contributed by atoms with E-state index in [0.717, 1.165) is 11.3 Å². The number of carbonyl (C=O) groups is 1. The molecule has 2 heterocycles. The van der Waals surface area contributed by atoms with Crippen LogP contribution in [0.2, 0.25) is 0 Å². The predicted molar refractivity (Wildman–Crippen MR) is 89.7 cm³/mol. The molecule has 1 atom stereocenters. The van der Waals surface area contributed by atoms with Crippen molar-refractivity contribution in [1.29, 1.82) is 0 Å². The van der Waals surface area contributed by atoms with Gasteiger partial charge >= 0.3 is 6.03 Å². The van der Waals surface area contributed by atoms with Crippen LogP contribution < -0.4 is 5.32 Å². The van der Waals surface area contributed by atoms with Crippen molar-refractivity contribution in [3.63, 3.8) is 0 Å². The first-order valence-corrected chi connectivity index (χ1v) is 8.35. The number of aromatic nitrogens is 2. The van der Waals surface area contributed by atoms with Gasteiger partial charge in [-0.05, 0) is 30.5 Å². The van der Waals surface area contributed by atoms with E-state index in [2.05, 4.69) is 15.5 Å². The van der Waals surface area contributed by atoms with Crippen LogP contribution in [0.25, 0.3) is 0 Å². The number of rotatable bonds is 3. The number of carbonyl (C=O) groups excluding carboxylic acids is 1. The van der Waals surface area contributed by atoms with Crippen LogP contribution in [0.4, 0.5) is 10.6 Å². The zero-order valence-electron chi connectivity index (χ0n) is 13.4. The van der Waals surface area contributed by atoms with E-state index in [4.69, 9.17) is 4.74 Å². The molecule has 1 aliphatic carbocycles. The molecule has 1 aliphatic heterocycles. The maximum Gasteiger partial charge on any atom is 0.323 e. The minimum absolute atomic E-state index is 0.0846. The molecule has 2 aliphatic rings. The van der Waals surface area contributed by atoms with Gasteiger partial charge in [-0.1, -0.05) is 30.3 Å². The molecule has 6 heteroatoms. The van der Waals surface area contributed by atoms with Crippen LogP contribution in [0, 0.1) is 0 Å². The van der Waals surface area contributed by atoms with Crippen LogP contribution in [0.3, 0.4) is 0 Å². The fourth-order valence-corrected chi connectivity index (χ4v) is 2.99. The number of amides is 2. The largest absolute Gasteiger partial charge is 0.377 e. The highest BCUT2D eigenvalue weighted by molar-refractivity contribution is 5.88. The standard InChI is InChI=1S/C18H20N4O2/c23-18(19-17-9-8-15(20-21-17)13-6-7-13)22-10-11-24-12-16(22)14-4-2-1-3-5-14/h1-5,8-9,13,16H,6-7,10-12H2,(H,19,21,23). The average molecular weight is 324 g/mol. The van der Waals surface area contributed by atoms with Crippen molar-refractivity contribution in [2.45, 2.75) is 24.8 Å². The summed E-state index contributed by atoms with van der Waals surface area (Å²) in [6.07, 6.45) is 2.37. The summed E-state index contributed by atoms with van der Waals surface area (Å²) in [5.41, 5.74) is 2.09. The van der Waals surface area contributed by atoms with Crippen molar-refractivity contribution >= 4 is 11.8 Å². The zero-order chi connectivity index (χ0) is 16.4. The first-order chi connectivity index (χ1) is 11.8. The molecule has 0 spiro atoms. The highest BCUT2D eigenvalue weighted by atomic mass is 16.5. The van der Waals surface area contributed by atoms with Gasteiger partial charge in [0, 0.05) is 12.5 Å². The Bertz CT molecular complexity index is 701. The number of nitrogens with zero attached hydrogens (tertiary/aromatic N) is 3. The first-order valence-electron chi connectivity index (χ1n) is 8.35. The van der Waals surface area contributed by atoms with Gasteiger partial charge in [-0.3, -0.25) is 5.32 Å². The Morgan fingerprint density at radius 1 is 1.12 bits per heavy atom. The summed E-state index contributed by atoms with van der Waals surface area (Å²) in [4.78, 5) is 14.5. The fourth-order valence-electron chi connectivity index (χ4n) is 2.99. The lowest BCUT2D eigenvalue weighted by Crippen LogP contribution is -2.45. The van der Waals surface area contributed by atoms with E-state index in [1.165, 1.54) is 12.8 Å². The molecular weight excluding hydrogens is 304 g/mol. The lowest BCUT2D eigenvalue weighted by molar-refractivity contribution is 0.0147. The van der Waals surface area contributed by atoms with Gasteiger partial charge in [0.2, 0.25) is 0 Å². The Morgan fingerprint density at radius 3 is 2.67 bits per heavy atom. The smallest absolute Gasteiger partial charge is 0.323 e. The van der Waals surface area contributed by atoms with Crippen molar-refractivity contribution in [2.75, 3.05) is 25.1 Å². The summed E-state index contributed by atoms with van der Waals surface area (Å²) < 4.78 is 5.57. The zero-order valence-corrected chi connectivity index (χ0v) is 13.4. The maximum absolute atomic E-state index is 12.7. The van der Waals surface area contributed by atoms with E-state index < -0.39 is 0 Å². The lowest BCUT2D eigenvalue weighted by atomic mass is 10.1. The number of anilines is 1. The topological polar surface area (TPSA) is 67.4 Å². The molecule has 0 bridgehead atoms. The molecular formula is C18H20N4O2. The highest BCUT2D eigenvalue weighted by Crippen LogP contribution is 2.38. The monoisotopic (exact) mass is 324 g/mol. The number of morpholine rings is 1. The summed E-state index contributed by atoms with van der Waals surface area (Å²) >= 11 is 0. The van der Waals surface area contributed by atoms with Gasteiger partial charge in [0.05, 0.1) is 24.9 Å². The molecule has 1 saturated heterocycles. The number of urea groups is 1. The van der Waals surface area contributed by atoms with Gasteiger partial charge in [0.15, 0.2) is 5.82 Å². The van der Waals surface area contributed by atoms with Crippen LogP contribution in [0.5, 0.6) is 0 Å². The molecule has 1 saturated carbocycles. The second kappa shape index (κ2) is 6.57. The third-order valence-electron chi connectivity index (χ3n) is 4.49. The average Bonchev–Trinajstić information content (AvgIpc) is 3.48. The van der Waals surface area contributed by atoms with Crippen LogP contribution >= 0.6 is 0 Å². The van der Waals surface area contributed by atoms with Gasteiger partial charge < -0.3 is 9.64 Å². The summed E-state index contributed by atoms with van der Waals surface area (Å²) in [5.74, 6) is 1.05. The summed E-state index contributed by atoms with van der Waals surface area (Å²) in [6, 6.07) is 13.5. The SMILES string of the molecule is O=C(Nc1ccc(C2CC2)nn1)N1CCOCC1c1ccccc1. The number of nitrogens with one attached hydrogen (secondary N) is 1. The predicted octanol–water partition coefficient (Wildman–Crippen LogP) is 2.96. The third kappa shape index (κ3) is 3.23. The molecule has 124 valence electrons. The first kappa shape index (κ1) is 15.1. The van der Waals surface area contributed by atoms with Gasteiger partial charge in [0.25, 0.3) is 0 Å². The number of hydrogen-bond donors (Lipinski definition) is 1. The van der Waals surface area contributed by atoms with Gasteiger partial charge in [0.1, 0.15) is 0 Å². The normalized spacial score (nSPS) is 20.7. The van der Waals surface area contributed by atoms with Crippen molar-refractivity contribution in [3.05, 3.63) is 53.7 Å². The van der Waals surface area contributed by atoms with Crippen LogP contribution in [0.15, 0.2) is 42.5 Å². The van der Waals surface area contributed by atoms with Crippen molar-refractivity contribution < 1.29 is 9.53 Å². The van der Waals surface area contributed by atoms with E-state index >= 15 is 0 Å². The molecule has 1 aromatic carbocycles. The second-order valence-electron chi connectivity index (χ2n) is 6.24. The van der Waals surface area contributed by atoms with Crippen LogP contribution in [-0.4, -0.2) is 40.9 Å². The number of ether oxygens (including phenoxy) is 1. The number of hydrogen-bond acceptors (Lipinski definition) is 4. The molecule has 6 nitrogen and oxygen atoms in total. The van der Waals surface area contributed by atoms with Crippen molar-refractivity contribution in [3.8, 4) is 0 Å². The van der Waals surface area contributed by atoms with E-state index in [0.29, 0.717) is 31.5 Å².